The predicted octanol–water partition coefficient (Wildman–Crippen LogP) is 1.24. The monoisotopic (exact) mass is 212 g/mol. The maximum absolute atomic E-state index is 10.9. The molecule has 1 heterocycles. The van der Waals surface area contributed by atoms with Crippen LogP contribution in [0.25, 0.3) is 0 Å². The Balaban J connectivity index is 2.15. The summed E-state index contributed by atoms with van der Waals surface area (Å²) >= 11 is 0. The minimum Gasteiger partial charge on any atom is -0.306 e. The van der Waals surface area contributed by atoms with Gasteiger partial charge in [0.05, 0.1) is 6.54 Å². The van der Waals surface area contributed by atoms with E-state index in [1.54, 1.807) is 6.92 Å². The fourth-order valence-electron chi connectivity index (χ4n) is 2.37. The molecule has 1 unspecified atom stereocenters. The molecule has 0 radical (unpaired) electrons. The molecule has 3 nitrogen and oxygen atoms in total. The van der Waals surface area contributed by atoms with Crippen LogP contribution >= 0.6 is 0 Å². The molecular formula is C12H24N2O. The van der Waals surface area contributed by atoms with Gasteiger partial charge in [0.1, 0.15) is 5.78 Å². The quantitative estimate of drug-likeness (QED) is 0.685. The van der Waals surface area contributed by atoms with E-state index < -0.39 is 0 Å². The van der Waals surface area contributed by atoms with Crippen LogP contribution in [0, 0.1) is 5.92 Å². The van der Waals surface area contributed by atoms with E-state index in [0.717, 1.165) is 12.5 Å². The summed E-state index contributed by atoms with van der Waals surface area (Å²) in [5, 5.41) is 0. The molecule has 0 aromatic rings. The summed E-state index contributed by atoms with van der Waals surface area (Å²) in [6, 6.07) is 0. The van der Waals surface area contributed by atoms with E-state index >= 15 is 0 Å². The Morgan fingerprint density at radius 3 is 2.87 bits per heavy atom. The summed E-state index contributed by atoms with van der Waals surface area (Å²) in [5.41, 5.74) is 0. The summed E-state index contributed by atoms with van der Waals surface area (Å²) in [7, 11) is 4.24. The fraction of sp³-hybridized carbons (Fsp3) is 0.917. The van der Waals surface area contributed by atoms with Gasteiger partial charge in [0.15, 0.2) is 0 Å². The highest BCUT2D eigenvalue weighted by Gasteiger charge is 2.17. The van der Waals surface area contributed by atoms with Gasteiger partial charge in [-0.2, -0.15) is 0 Å². The second-order valence-corrected chi connectivity index (χ2v) is 5.00. The van der Waals surface area contributed by atoms with Crippen LogP contribution in [0.3, 0.4) is 0 Å². The van der Waals surface area contributed by atoms with E-state index in [2.05, 4.69) is 16.8 Å². The van der Waals surface area contributed by atoms with Gasteiger partial charge < -0.3 is 4.90 Å². The molecule has 0 spiro atoms. The van der Waals surface area contributed by atoms with Gasteiger partial charge in [-0.15, -0.1) is 0 Å². The molecule has 0 N–H and O–H groups in total. The second kappa shape index (κ2) is 6.23. The normalized spacial score (nSPS) is 23.3. The van der Waals surface area contributed by atoms with Gasteiger partial charge in [-0.1, -0.05) is 0 Å². The number of rotatable bonds is 5. The number of carbonyl (C=O) groups excluding carboxylic acids is 1. The van der Waals surface area contributed by atoms with E-state index in [0.29, 0.717) is 6.54 Å². The number of likely N-dealkylation sites (N-methyl/N-ethyl adjacent to an activating group) is 1. The third-order valence-corrected chi connectivity index (χ3v) is 3.13. The maximum Gasteiger partial charge on any atom is 0.143 e. The van der Waals surface area contributed by atoms with Crippen molar-refractivity contribution in [1.29, 1.82) is 0 Å². The molecule has 3 heteroatoms. The zero-order valence-electron chi connectivity index (χ0n) is 10.3. The number of hydrogen-bond donors (Lipinski definition) is 0. The lowest BCUT2D eigenvalue weighted by molar-refractivity contribution is -0.117. The Bertz CT molecular complexity index is 206. The first-order valence-electron chi connectivity index (χ1n) is 5.94. The summed E-state index contributed by atoms with van der Waals surface area (Å²) in [4.78, 5) is 15.5. The minimum atomic E-state index is 0.262. The summed E-state index contributed by atoms with van der Waals surface area (Å²) in [5.74, 6) is 1.09. The Hall–Kier alpha value is -0.410. The molecule has 1 aliphatic rings. The highest BCUT2D eigenvalue weighted by molar-refractivity contribution is 5.77. The average Bonchev–Trinajstić information content (AvgIpc) is 2.14. The number of Topliss-reactive ketones (excluding diaryl/α,β-unsaturated/α-hetero) is 1. The smallest absolute Gasteiger partial charge is 0.143 e. The average molecular weight is 212 g/mol. The first kappa shape index (κ1) is 12.7. The lowest BCUT2D eigenvalue weighted by atomic mass is 9.95. The molecule has 1 fully saturated rings. The third kappa shape index (κ3) is 5.28. The van der Waals surface area contributed by atoms with Crippen LogP contribution < -0.4 is 0 Å². The SMILES string of the molecule is CC(=O)CN(C)CCC1CCCN(C)C1. The van der Waals surface area contributed by atoms with Crippen molar-refractivity contribution in [3.63, 3.8) is 0 Å². The highest BCUT2D eigenvalue weighted by atomic mass is 16.1. The van der Waals surface area contributed by atoms with Gasteiger partial charge in [0, 0.05) is 6.54 Å². The topological polar surface area (TPSA) is 23.6 Å². The number of nitrogens with zero attached hydrogens (tertiary/aromatic N) is 2. The van der Waals surface area contributed by atoms with Crippen LogP contribution in [0.2, 0.25) is 0 Å². The highest BCUT2D eigenvalue weighted by Crippen LogP contribution is 2.18. The molecule has 15 heavy (non-hydrogen) atoms. The maximum atomic E-state index is 10.9. The Morgan fingerprint density at radius 1 is 1.53 bits per heavy atom. The lowest BCUT2D eigenvalue weighted by Crippen LogP contribution is -2.34. The van der Waals surface area contributed by atoms with Gasteiger partial charge in [0.25, 0.3) is 0 Å². The van der Waals surface area contributed by atoms with Gasteiger partial charge in [0.2, 0.25) is 0 Å². The first-order chi connectivity index (χ1) is 7.08. The van der Waals surface area contributed by atoms with Crippen molar-refractivity contribution in [3.05, 3.63) is 0 Å². The van der Waals surface area contributed by atoms with Gasteiger partial charge in [-0.3, -0.25) is 9.69 Å². The van der Waals surface area contributed by atoms with Crippen LogP contribution in [0.15, 0.2) is 0 Å². The van der Waals surface area contributed by atoms with Crippen LogP contribution in [0.1, 0.15) is 26.2 Å². The third-order valence-electron chi connectivity index (χ3n) is 3.13. The molecule has 1 aliphatic heterocycles. The predicted molar refractivity (Wildman–Crippen MR) is 63.0 cm³/mol. The van der Waals surface area contributed by atoms with E-state index in [1.807, 2.05) is 7.05 Å². The number of carbonyl (C=O) groups is 1. The first-order valence-corrected chi connectivity index (χ1v) is 5.94. The number of hydrogen-bond acceptors (Lipinski definition) is 3. The van der Waals surface area contributed by atoms with Gasteiger partial charge >= 0.3 is 0 Å². The Morgan fingerprint density at radius 2 is 2.27 bits per heavy atom. The van der Waals surface area contributed by atoms with Crippen molar-refractivity contribution in [2.45, 2.75) is 26.2 Å². The van der Waals surface area contributed by atoms with Crippen molar-refractivity contribution in [2.24, 2.45) is 5.92 Å². The largest absolute Gasteiger partial charge is 0.306 e. The summed E-state index contributed by atoms with van der Waals surface area (Å²) in [6.45, 7) is 5.79. The molecule has 0 aromatic heterocycles. The second-order valence-electron chi connectivity index (χ2n) is 5.00. The minimum absolute atomic E-state index is 0.262. The van der Waals surface area contributed by atoms with Crippen molar-refractivity contribution in [1.82, 2.24) is 9.80 Å². The zero-order valence-corrected chi connectivity index (χ0v) is 10.3. The van der Waals surface area contributed by atoms with Crippen molar-refractivity contribution in [2.75, 3.05) is 40.3 Å². The van der Waals surface area contributed by atoms with E-state index in [9.17, 15) is 4.79 Å². The summed E-state index contributed by atoms with van der Waals surface area (Å²) in [6.07, 6.45) is 3.92. The lowest BCUT2D eigenvalue weighted by Gasteiger charge is -2.30. The van der Waals surface area contributed by atoms with Crippen LogP contribution in [0.5, 0.6) is 0 Å². The molecule has 0 amide bonds. The number of piperidine rings is 1. The molecule has 0 aromatic carbocycles. The summed E-state index contributed by atoms with van der Waals surface area (Å²) < 4.78 is 0. The number of likely N-dealkylation sites (tertiary alicyclic amines) is 1. The Labute approximate surface area is 93.4 Å². The van der Waals surface area contributed by atoms with Crippen LogP contribution in [-0.4, -0.2) is 55.9 Å². The fourth-order valence-corrected chi connectivity index (χ4v) is 2.37. The molecule has 0 saturated carbocycles. The standard InChI is InChI=1S/C12H24N2O/c1-11(15)9-14(3)8-6-12-5-4-7-13(2)10-12/h12H,4-10H2,1-3H3. The van der Waals surface area contributed by atoms with Crippen LogP contribution in [-0.2, 0) is 4.79 Å². The molecule has 0 bridgehead atoms. The van der Waals surface area contributed by atoms with E-state index in [-0.39, 0.29) is 5.78 Å². The molecule has 88 valence electrons. The van der Waals surface area contributed by atoms with Gasteiger partial charge in [-0.25, -0.2) is 0 Å². The van der Waals surface area contributed by atoms with Crippen LogP contribution in [0.4, 0.5) is 0 Å². The molecule has 1 rings (SSSR count). The molecule has 1 saturated heterocycles. The molecular weight excluding hydrogens is 188 g/mol. The van der Waals surface area contributed by atoms with E-state index in [1.165, 1.54) is 32.4 Å². The zero-order chi connectivity index (χ0) is 11.3. The van der Waals surface area contributed by atoms with Crippen molar-refractivity contribution >= 4 is 5.78 Å². The van der Waals surface area contributed by atoms with E-state index in [4.69, 9.17) is 0 Å². The molecule has 0 aliphatic carbocycles. The Kier molecular flexibility index (Phi) is 5.26. The number of ketones is 1. The van der Waals surface area contributed by atoms with Crippen molar-refractivity contribution < 1.29 is 4.79 Å². The van der Waals surface area contributed by atoms with Crippen molar-refractivity contribution in [3.8, 4) is 0 Å². The molecule has 1 atom stereocenters. The van der Waals surface area contributed by atoms with Gasteiger partial charge in [-0.05, 0) is 59.3 Å².